The zero-order valence-corrected chi connectivity index (χ0v) is 18.9. The summed E-state index contributed by atoms with van der Waals surface area (Å²) >= 11 is 0. The molecule has 4 heteroatoms. The van der Waals surface area contributed by atoms with Crippen molar-refractivity contribution in [2.45, 2.75) is 40.5 Å². The summed E-state index contributed by atoms with van der Waals surface area (Å²) in [4.78, 5) is 0. The van der Waals surface area contributed by atoms with Gasteiger partial charge in [0.2, 0.25) is 0 Å². The molecule has 0 amide bonds. The molecule has 2 aromatic rings. The minimum absolute atomic E-state index is 0.604. The molecule has 0 aliphatic rings. The van der Waals surface area contributed by atoms with E-state index in [-0.39, 0.29) is 0 Å². The van der Waals surface area contributed by atoms with Gasteiger partial charge in [-0.25, -0.2) is 0 Å². The van der Waals surface area contributed by atoms with Crippen molar-refractivity contribution >= 4 is 24.9 Å². The van der Waals surface area contributed by atoms with Gasteiger partial charge in [-0.1, -0.05) is 50.0 Å². The van der Waals surface area contributed by atoms with Gasteiger partial charge in [0.05, 0.1) is 0 Å². The van der Waals surface area contributed by atoms with Gasteiger partial charge in [-0.2, -0.15) is 0 Å². The van der Waals surface area contributed by atoms with Crippen molar-refractivity contribution in [2.75, 3.05) is 12.3 Å². The van der Waals surface area contributed by atoms with Crippen LogP contribution >= 0.6 is 14.3 Å². The molecule has 0 heterocycles. The second-order valence-corrected chi connectivity index (χ2v) is 12.1. The molecule has 0 saturated heterocycles. The highest BCUT2D eigenvalue weighted by Crippen LogP contribution is 2.45. The first-order valence-electron chi connectivity index (χ1n) is 9.70. The van der Waals surface area contributed by atoms with E-state index in [1.165, 1.54) is 0 Å². The Morgan fingerprint density at radius 3 is 1.21 bits per heavy atom. The normalized spacial score (nSPS) is 14.6. The van der Waals surface area contributed by atoms with E-state index in [9.17, 15) is 9.13 Å². The third kappa shape index (κ3) is 5.09. The lowest BCUT2D eigenvalue weighted by Gasteiger charge is -2.13. The van der Waals surface area contributed by atoms with Crippen LogP contribution in [0.1, 0.15) is 40.5 Å². The lowest BCUT2D eigenvalue weighted by Crippen LogP contribution is -2.07. The summed E-state index contributed by atoms with van der Waals surface area (Å²) in [6, 6.07) is 15.7. The van der Waals surface area contributed by atoms with Gasteiger partial charge < -0.3 is 9.13 Å². The number of rotatable bonds is 7. The first-order chi connectivity index (χ1) is 13.4. The van der Waals surface area contributed by atoms with Crippen molar-refractivity contribution in [3.05, 3.63) is 48.5 Å². The van der Waals surface area contributed by atoms with Crippen LogP contribution in [0, 0.1) is 23.2 Å². The molecular formula is C24H28O2P2. The third-order valence-corrected chi connectivity index (χ3v) is 10.2. The van der Waals surface area contributed by atoms with Crippen molar-refractivity contribution in [3.8, 4) is 34.3 Å². The van der Waals surface area contributed by atoms with Crippen molar-refractivity contribution in [1.82, 2.24) is 0 Å². The summed E-state index contributed by atoms with van der Waals surface area (Å²) in [7, 11) is -5.28. The summed E-state index contributed by atoms with van der Waals surface area (Å²) in [5.41, 5.74) is 7.96. The molecule has 2 rings (SSSR count). The Labute approximate surface area is 169 Å². The van der Waals surface area contributed by atoms with Crippen LogP contribution in [0.5, 0.6) is 0 Å². The number of hydrogen-bond acceptors (Lipinski definition) is 2. The van der Waals surface area contributed by atoms with Gasteiger partial charge in [0.15, 0.2) is 14.3 Å². The minimum atomic E-state index is -2.64. The highest BCUT2D eigenvalue weighted by Gasteiger charge is 2.22. The zero-order valence-electron chi connectivity index (χ0n) is 17.2. The molecule has 0 spiro atoms. The van der Waals surface area contributed by atoms with Gasteiger partial charge in [-0.05, 0) is 73.4 Å². The van der Waals surface area contributed by atoms with Crippen LogP contribution in [-0.2, 0) is 9.13 Å². The maximum absolute atomic E-state index is 13.1. The molecule has 28 heavy (non-hydrogen) atoms. The Balaban J connectivity index is 2.34. The molecule has 0 aromatic heterocycles. The zero-order chi connectivity index (χ0) is 20.6. The molecule has 2 unspecified atom stereocenters. The van der Waals surface area contributed by atoms with Crippen molar-refractivity contribution in [3.63, 3.8) is 0 Å². The predicted molar refractivity (Wildman–Crippen MR) is 124 cm³/mol. The van der Waals surface area contributed by atoms with Gasteiger partial charge in [0.1, 0.15) is 0 Å². The average molecular weight is 410 g/mol. The van der Waals surface area contributed by atoms with Gasteiger partial charge in [-0.3, -0.25) is 0 Å². The van der Waals surface area contributed by atoms with Gasteiger partial charge in [0, 0.05) is 22.9 Å². The van der Waals surface area contributed by atoms with E-state index in [2.05, 4.69) is 23.2 Å². The van der Waals surface area contributed by atoms with E-state index in [0.717, 1.165) is 34.6 Å². The van der Waals surface area contributed by atoms with Crippen LogP contribution in [0.2, 0.25) is 0 Å². The van der Waals surface area contributed by atoms with Crippen molar-refractivity contribution in [1.29, 1.82) is 0 Å². The molecule has 2 aromatic carbocycles. The van der Waals surface area contributed by atoms with Crippen LogP contribution < -0.4 is 10.6 Å². The summed E-state index contributed by atoms with van der Waals surface area (Å²) in [5, 5.41) is 1.63. The van der Waals surface area contributed by atoms with Gasteiger partial charge >= 0.3 is 0 Å². The highest BCUT2D eigenvalue weighted by molar-refractivity contribution is 7.76. The van der Waals surface area contributed by atoms with E-state index >= 15 is 0 Å². The molecular weight excluding hydrogens is 382 g/mol. The number of benzene rings is 2. The number of hydrogen-bond donors (Lipinski definition) is 0. The fraction of sp³-hybridized carbons (Fsp3) is 0.333. The summed E-state index contributed by atoms with van der Waals surface area (Å²) in [6.45, 7) is 7.52. The van der Waals surface area contributed by atoms with Crippen molar-refractivity contribution < 1.29 is 9.13 Å². The van der Waals surface area contributed by atoms with E-state index in [1.807, 2.05) is 62.4 Å². The topological polar surface area (TPSA) is 34.1 Å². The maximum atomic E-state index is 13.1. The Hall–Kier alpha value is -1.98. The van der Waals surface area contributed by atoms with Gasteiger partial charge in [-0.15, -0.1) is 0 Å². The molecule has 0 N–H and O–H groups in total. The summed E-state index contributed by atoms with van der Waals surface area (Å²) < 4.78 is 26.2. The Morgan fingerprint density at radius 2 is 0.964 bits per heavy atom. The Kier molecular flexibility index (Phi) is 7.96. The van der Waals surface area contributed by atoms with Crippen LogP contribution in [0.25, 0.3) is 11.1 Å². The van der Waals surface area contributed by atoms with Crippen LogP contribution in [0.4, 0.5) is 0 Å². The molecule has 0 fully saturated rings. The molecule has 2 nitrogen and oxygen atoms in total. The smallest absolute Gasteiger partial charge is 0.182 e. The van der Waals surface area contributed by atoms with E-state index < -0.39 is 14.3 Å². The standard InChI is InChI=1S/C24H28O2P2/c1-5-17-27(25,18-6-2)23-13-9-21(10-14-23)22-11-15-24(16-12-22)28(26,19-7-3)20-8-4/h9-16H,5,7,17,19H2,1-4H3. The molecule has 0 aliphatic heterocycles. The lowest BCUT2D eigenvalue weighted by molar-refractivity contribution is 0.586. The predicted octanol–water partition coefficient (Wildman–Crippen LogP) is 6.11. The van der Waals surface area contributed by atoms with E-state index in [1.54, 1.807) is 13.8 Å². The SMILES string of the molecule is CC#CP(=O)(CCC)c1ccc(-c2ccc(P(=O)(C#CC)CCC)cc2)cc1. The minimum Gasteiger partial charge on any atom is -0.305 e. The Morgan fingerprint density at radius 1 is 0.643 bits per heavy atom. The first-order valence-corrected chi connectivity index (χ1v) is 13.5. The molecule has 146 valence electrons. The quantitative estimate of drug-likeness (QED) is 0.408. The van der Waals surface area contributed by atoms with Crippen molar-refractivity contribution in [2.24, 2.45) is 0 Å². The Bertz CT molecular complexity index is 925. The maximum Gasteiger partial charge on any atom is 0.182 e. The molecule has 2 atom stereocenters. The summed E-state index contributed by atoms with van der Waals surface area (Å²) in [5.74, 6) is 5.66. The van der Waals surface area contributed by atoms with Crippen LogP contribution in [0.15, 0.2) is 48.5 Å². The largest absolute Gasteiger partial charge is 0.305 e. The molecule has 0 saturated carbocycles. The lowest BCUT2D eigenvalue weighted by atomic mass is 10.1. The first kappa shape index (κ1) is 22.3. The second-order valence-electron chi connectivity index (χ2n) is 6.74. The summed E-state index contributed by atoms with van der Waals surface area (Å²) in [6.07, 6.45) is 2.89. The second kappa shape index (κ2) is 9.99. The van der Waals surface area contributed by atoms with E-state index in [0.29, 0.717) is 12.3 Å². The fourth-order valence-corrected chi connectivity index (χ4v) is 7.52. The van der Waals surface area contributed by atoms with E-state index in [4.69, 9.17) is 0 Å². The monoisotopic (exact) mass is 410 g/mol. The van der Waals surface area contributed by atoms with Crippen LogP contribution in [0.3, 0.4) is 0 Å². The molecule has 0 aliphatic carbocycles. The average Bonchev–Trinajstić information content (AvgIpc) is 2.69. The molecule has 0 radical (unpaired) electrons. The van der Waals surface area contributed by atoms with Crippen LogP contribution in [-0.4, -0.2) is 12.3 Å². The highest BCUT2D eigenvalue weighted by atomic mass is 31.2. The fourth-order valence-electron chi connectivity index (χ4n) is 3.28. The van der Waals surface area contributed by atoms with Gasteiger partial charge in [0.25, 0.3) is 0 Å². The third-order valence-electron chi connectivity index (χ3n) is 4.56. The molecule has 0 bridgehead atoms.